The Labute approximate surface area is 188 Å². The lowest BCUT2D eigenvalue weighted by Gasteiger charge is -2.12. The third-order valence-electron chi connectivity index (χ3n) is 4.27. The highest BCUT2D eigenvalue weighted by atomic mass is 79.9. The number of aryl methyl sites for hydroxylation is 3. The molecule has 2 N–H and O–H groups in total. The van der Waals surface area contributed by atoms with Crippen molar-refractivity contribution in [1.82, 2.24) is 15.5 Å². The molecule has 0 bridgehead atoms. The summed E-state index contributed by atoms with van der Waals surface area (Å²) < 4.78 is 29.0. The number of carbonyl (C=O) groups is 1. The highest BCUT2D eigenvalue weighted by molar-refractivity contribution is 9.10. The molecule has 0 aliphatic carbocycles. The zero-order valence-corrected chi connectivity index (χ0v) is 19.9. The fraction of sp³-hybridized carbons (Fsp3) is 0.250. The quantitative estimate of drug-likeness (QED) is 0.502. The summed E-state index contributed by atoms with van der Waals surface area (Å²) in [4.78, 5) is 12.4. The lowest BCUT2D eigenvalue weighted by atomic mass is 10.1. The van der Waals surface area contributed by atoms with E-state index in [1.807, 2.05) is 25.1 Å². The second kappa shape index (κ2) is 9.23. The fourth-order valence-corrected chi connectivity index (χ4v) is 5.99. The van der Waals surface area contributed by atoms with Gasteiger partial charge in [-0.15, -0.1) is 10.2 Å². The van der Waals surface area contributed by atoms with E-state index in [0.29, 0.717) is 34.7 Å². The molecule has 2 aromatic carbocycles. The molecule has 0 spiro atoms. The van der Waals surface area contributed by atoms with Crippen molar-refractivity contribution >= 4 is 48.3 Å². The summed E-state index contributed by atoms with van der Waals surface area (Å²) in [6, 6.07) is 10.8. The van der Waals surface area contributed by atoms with E-state index < -0.39 is 10.0 Å². The molecule has 7 nitrogen and oxygen atoms in total. The lowest BCUT2D eigenvalue weighted by molar-refractivity contribution is 0.0954. The number of rotatable bonds is 7. The van der Waals surface area contributed by atoms with Crippen molar-refractivity contribution in [2.45, 2.75) is 32.1 Å². The average molecular weight is 509 g/mol. The van der Waals surface area contributed by atoms with Gasteiger partial charge in [0.05, 0.1) is 4.90 Å². The number of hydrogen-bond donors (Lipinski definition) is 2. The maximum atomic E-state index is 12.8. The lowest BCUT2D eigenvalue weighted by Crippen LogP contribution is -2.25. The first-order valence-electron chi connectivity index (χ1n) is 9.12. The fourth-order valence-electron chi connectivity index (χ4n) is 3.17. The van der Waals surface area contributed by atoms with Crippen molar-refractivity contribution in [2.75, 3.05) is 11.3 Å². The molecule has 3 aromatic rings. The number of nitrogens with one attached hydrogen (secondary N) is 2. The summed E-state index contributed by atoms with van der Waals surface area (Å²) in [5, 5.41) is 11.6. The zero-order chi connectivity index (χ0) is 21.9. The molecule has 0 radical (unpaired) electrons. The predicted molar refractivity (Wildman–Crippen MR) is 122 cm³/mol. The molecule has 0 aliphatic rings. The van der Waals surface area contributed by atoms with Crippen LogP contribution in [0.1, 0.15) is 32.1 Å². The van der Waals surface area contributed by atoms with Crippen LogP contribution in [0.3, 0.4) is 0 Å². The predicted octanol–water partition coefficient (Wildman–Crippen LogP) is 4.00. The molecule has 0 saturated heterocycles. The van der Waals surface area contributed by atoms with E-state index in [9.17, 15) is 13.2 Å². The normalized spacial score (nSPS) is 11.3. The third-order valence-corrected chi connectivity index (χ3v) is 7.44. The number of benzene rings is 2. The van der Waals surface area contributed by atoms with Crippen LogP contribution in [-0.4, -0.2) is 31.1 Å². The van der Waals surface area contributed by atoms with Crippen LogP contribution >= 0.6 is 27.3 Å². The number of halogens is 1. The van der Waals surface area contributed by atoms with Crippen molar-refractivity contribution in [3.63, 3.8) is 0 Å². The van der Waals surface area contributed by atoms with Gasteiger partial charge in [-0.1, -0.05) is 51.0 Å². The van der Waals surface area contributed by atoms with Crippen LogP contribution in [0, 0.1) is 20.8 Å². The number of nitrogens with zero attached hydrogens (tertiary/aromatic N) is 2. The molecule has 3 rings (SSSR count). The van der Waals surface area contributed by atoms with Crippen LogP contribution in [0.5, 0.6) is 0 Å². The van der Waals surface area contributed by atoms with E-state index >= 15 is 0 Å². The molecule has 30 heavy (non-hydrogen) atoms. The van der Waals surface area contributed by atoms with Gasteiger partial charge in [-0.2, -0.15) is 0 Å². The largest absolute Gasteiger partial charge is 0.352 e. The average Bonchev–Trinajstić information content (AvgIpc) is 3.06. The number of sulfonamides is 1. The summed E-state index contributed by atoms with van der Waals surface area (Å²) >= 11 is 4.49. The first-order chi connectivity index (χ1) is 14.2. The van der Waals surface area contributed by atoms with Crippen LogP contribution in [0.2, 0.25) is 0 Å². The molecular weight excluding hydrogens is 488 g/mol. The Kier molecular flexibility index (Phi) is 6.89. The molecule has 10 heteroatoms. The second-order valence-corrected chi connectivity index (χ2v) is 10.4. The minimum Gasteiger partial charge on any atom is -0.352 e. The minimum absolute atomic E-state index is 0.188. The molecule has 0 aliphatic heterocycles. The van der Waals surface area contributed by atoms with Crippen molar-refractivity contribution in [2.24, 2.45) is 0 Å². The highest BCUT2D eigenvalue weighted by Gasteiger charge is 2.21. The number of amides is 1. The highest BCUT2D eigenvalue weighted by Crippen LogP contribution is 2.25. The number of hydrogen-bond acceptors (Lipinski definition) is 6. The summed E-state index contributed by atoms with van der Waals surface area (Å²) in [6.45, 7) is 5.83. The van der Waals surface area contributed by atoms with Crippen molar-refractivity contribution < 1.29 is 13.2 Å². The smallest absolute Gasteiger partial charge is 0.264 e. The Balaban J connectivity index is 1.62. The molecule has 0 fully saturated rings. The molecule has 0 atom stereocenters. The molecule has 1 heterocycles. The first kappa shape index (κ1) is 22.4. The van der Waals surface area contributed by atoms with Crippen molar-refractivity contribution in [1.29, 1.82) is 0 Å². The molecule has 158 valence electrons. The topological polar surface area (TPSA) is 101 Å². The van der Waals surface area contributed by atoms with Gasteiger partial charge in [-0.05, 0) is 50.1 Å². The maximum absolute atomic E-state index is 12.8. The summed E-state index contributed by atoms with van der Waals surface area (Å²) in [5.41, 5.74) is 2.92. The van der Waals surface area contributed by atoms with Gasteiger partial charge in [0.15, 0.2) is 0 Å². The van der Waals surface area contributed by atoms with Crippen LogP contribution in [0.15, 0.2) is 45.8 Å². The number of anilines is 1. The van der Waals surface area contributed by atoms with E-state index in [1.165, 1.54) is 0 Å². The maximum Gasteiger partial charge on any atom is 0.264 e. The number of carbonyl (C=O) groups excluding carboxylic acids is 1. The van der Waals surface area contributed by atoms with Crippen LogP contribution < -0.4 is 10.0 Å². The molecule has 1 aromatic heterocycles. The third kappa shape index (κ3) is 5.44. The standard InChI is InChI=1S/C20H21BrN4O3S2/c1-12-9-13(2)18(14(3)10-12)30(27,28)25-20-24-23-17(29-20)7-8-22-19(26)15-5-4-6-16(21)11-15/h4-6,9-11H,7-8H2,1-3H3,(H,22,26)(H,24,25). The van der Waals surface area contributed by atoms with Gasteiger partial charge < -0.3 is 5.32 Å². The molecule has 1 amide bonds. The molecular formula is C20H21BrN4O3S2. The van der Waals surface area contributed by atoms with Gasteiger partial charge >= 0.3 is 0 Å². The minimum atomic E-state index is -3.77. The van der Waals surface area contributed by atoms with Crippen molar-refractivity contribution in [3.8, 4) is 0 Å². The number of aromatic nitrogens is 2. The summed E-state index contributed by atoms with van der Waals surface area (Å²) in [5.74, 6) is -0.188. The van der Waals surface area contributed by atoms with E-state index in [1.54, 1.807) is 32.0 Å². The Morgan fingerprint density at radius 2 is 1.80 bits per heavy atom. The first-order valence-corrected chi connectivity index (χ1v) is 12.2. The van der Waals surface area contributed by atoms with Gasteiger partial charge in [0.25, 0.3) is 15.9 Å². The van der Waals surface area contributed by atoms with E-state index in [2.05, 4.69) is 36.2 Å². The van der Waals surface area contributed by atoms with E-state index in [4.69, 9.17) is 0 Å². The second-order valence-electron chi connectivity index (χ2n) is 6.85. The van der Waals surface area contributed by atoms with Gasteiger partial charge in [0.1, 0.15) is 5.01 Å². The Hall–Kier alpha value is -2.30. The monoisotopic (exact) mass is 508 g/mol. The van der Waals surface area contributed by atoms with Gasteiger partial charge in [0, 0.05) is 23.0 Å². The van der Waals surface area contributed by atoms with Gasteiger partial charge in [0.2, 0.25) is 5.13 Å². The van der Waals surface area contributed by atoms with E-state index in [-0.39, 0.29) is 15.9 Å². The van der Waals surface area contributed by atoms with Crippen LogP contribution in [0.4, 0.5) is 5.13 Å². The molecule has 0 unspecified atom stereocenters. The Morgan fingerprint density at radius 1 is 1.10 bits per heavy atom. The van der Waals surface area contributed by atoms with Crippen molar-refractivity contribution in [3.05, 3.63) is 68.1 Å². The van der Waals surface area contributed by atoms with E-state index in [0.717, 1.165) is 21.4 Å². The van der Waals surface area contributed by atoms with Gasteiger partial charge in [-0.25, -0.2) is 8.42 Å². The summed E-state index contributed by atoms with van der Waals surface area (Å²) in [6.07, 6.45) is 0.446. The van der Waals surface area contributed by atoms with Gasteiger partial charge in [-0.3, -0.25) is 9.52 Å². The SMILES string of the molecule is Cc1cc(C)c(S(=O)(=O)Nc2nnc(CCNC(=O)c3cccc(Br)c3)s2)c(C)c1. The Morgan fingerprint density at radius 3 is 2.47 bits per heavy atom. The molecule has 0 saturated carbocycles. The summed E-state index contributed by atoms with van der Waals surface area (Å²) in [7, 11) is -3.77. The van der Waals surface area contributed by atoms with Crippen LogP contribution in [-0.2, 0) is 16.4 Å². The van der Waals surface area contributed by atoms with Crippen LogP contribution in [0.25, 0.3) is 0 Å². The Bertz CT molecular complexity index is 1170. The zero-order valence-electron chi connectivity index (χ0n) is 16.7.